The molecule has 2 aromatic carbocycles. The van der Waals surface area contributed by atoms with Gasteiger partial charge in [0.2, 0.25) is 5.82 Å². The number of carbonyl (C=O) groups excluding carboxylic acids is 1. The van der Waals surface area contributed by atoms with Crippen LogP contribution in [0.2, 0.25) is 5.02 Å². The maximum absolute atomic E-state index is 13.8. The summed E-state index contributed by atoms with van der Waals surface area (Å²) >= 11 is 7.37. The van der Waals surface area contributed by atoms with E-state index in [9.17, 15) is 24.1 Å². The molecule has 5 rings (SSSR count). The van der Waals surface area contributed by atoms with Crippen LogP contribution in [0.25, 0.3) is 17.4 Å². The van der Waals surface area contributed by atoms with E-state index >= 15 is 0 Å². The fourth-order valence-corrected chi connectivity index (χ4v) is 5.63. The number of nitro benzene ring substituents is 1. The van der Waals surface area contributed by atoms with E-state index in [1.807, 2.05) is 0 Å². The van der Waals surface area contributed by atoms with Crippen molar-refractivity contribution in [2.45, 2.75) is 13.0 Å². The first-order valence-electron chi connectivity index (χ1n) is 11.6. The first-order valence-corrected chi connectivity index (χ1v) is 12.8. The zero-order valence-electron chi connectivity index (χ0n) is 21.1. The van der Waals surface area contributed by atoms with Crippen LogP contribution < -0.4 is 19.6 Å². The normalized spacial score (nSPS) is 15.0. The number of aromatic nitrogens is 1. The number of nitrogens with zero attached hydrogens (tertiary/aromatic N) is 3. The van der Waals surface area contributed by atoms with Crippen molar-refractivity contribution in [1.29, 1.82) is 0 Å². The molecule has 0 radical (unpaired) electrons. The number of nitro groups is 1. The molecule has 2 aromatic heterocycles. The van der Waals surface area contributed by atoms with Crippen LogP contribution >= 0.6 is 22.9 Å². The second kappa shape index (κ2) is 10.5. The first kappa shape index (κ1) is 27.0. The average Bonchev–Trinajstić information content (AvgIpc) is 3.51. The monoisotopic (exact) mass is 583 g/mol. The minimum Gasteiger partial charge on any atom is -0.496 e. The number of furan rings is 1. The summed E-state index contributed by atoms with van der Waals surface area (Å²) in [5, 5.41) is 11.5. The number of carbonyl (C=O) groups is 1. The SMILES string of the molecule is COC(=O)C1=C(C)N=c2s/c(=C\c3ccc(-c4ccc(F)c([N+](=O)[O-])c4)o3)c(=O)n2[C@H]1c1cc(Cl)ccc1OC. The quantitative estimate of drug-likeness (QED) is 0.187. The lowest BCUT2D eigenvalue weighted by molar-refractivity contribution is -0.387. The van der Waals surface area contributed by atoms with Crippen molar-refractivity contribution in [2.24, 2.45) is 4.99 Å². The van der Waals surface area contributed by atoms with Gasteiger partial charge in [-0.15, -0.1) is 0 Å². The van der Waals surface area contributed by atoms with Gasteiger partial charge < -0.3 is 13.9 Å². The maximum Gasteiger partial charge on any atom is 0.338 e. The van der Waals surface area contributed by atoms with Gasteiger partial charge in [-0.3, -0.25) is 19.5 Å². The van der Waals surface area contributed by atoms with Crippen molar-refractivity contribution in [2.75, 3.05) is 14.2 Å². The van der Waals surface area contributed by atoms with Crippen molar-refractivity contribution in [3.05, 3.63) is 112 Å². The summed E-state index contributed by atoms with van der Waals surface area (Å²) in [6.45, 7) is 1.65. The van der Waals surface area contributed by atoms with E-state index < -0.39 is 34.0 Å². The average molecular weight is 584 g/mol. The van der Waals surface area contributed by atoms with E-state index in [1.54, 1.807) is 37.3 Å². The number of hydrogen-bond donors (Lipinski definition) is 0. The Hall–Kier alpha value is -4.55. The topological polar surface area (TPSA) is 126 Å². The van der Waals surface area contributed by atoms with Crippen LogP contribution in [-0.4, -0.2) is 29.7 Å². The molecule has 1 atom stereocenters. The number of fused-ring (bicyclic) bond motifs is 1. The predicted molar refractivity (Wildman–Crippen MR) is 145 cm³/mol. The molecule has 0 spiro atoms. The Morgan fingerprint density at radius 1 is 1.23 bits per heavy atom. The molecule has 0 saturated carbocycles. The van der Waals surface area contributed by atoms with Gasteiger partial charge in [0.25, 0.3) is 5.56 Å². The third-order valence-corrected chi connectivity index (χ3v) is 7.46. The van der Waals surface area contributed by atoms with Crippen molar-refractivity contribution >= 4 is 40.7 Å². The lowest BCUT2D eigenvalue weighted by atomic mass is 9.95. The van der Waals surface area contributed by atoms with Crippen molar-refractivity contribution in [3.63, 3.8) is 0 Å². The van der Waals surface area contributed by atoms with Crippen LogP contribution in [0.3, 0.4) is 0 Å². The number of methoxy groups -OCH3 is 2. The van der Waals surface area contributed by atoms with Gasteiger partial charge in [-0.05, 0) is 49.4 Å². The minimum absolute atomic E-state index is 0.153. The lowest BCUT2D eigenvalue weighted by Gasteiger charge is -2.25. The zero-order valence-corrected chi connectivity index (χ0v) is 22.7. The van der Waals surface area contributed by atoms with E-state index in [2.05, 4.69) is 4.99 Å². The number of benzene rings is 2. The molecule has 0 fully saturated rings. The molecule has 10 nitrogen and oxygen atoms in total. The molecular weight excluding hydrogens is 565 g/mol. The minimum atomic E-state index is -0.964. The highest BCUT2D eigenvalue weighted by molar-refractivity contribution is 7.07. The molecule has 0 unspecified atom stereocenters. The Labute approximate surface area is 234 Å². The number of halogens is 2. The van der Waals surface area contributed by atoms with Crippen LogP contribution in [0.15, 0.2) is 74.0 Å². The van der Waals surface area contributed by atoms with Crippen LogP contribution in [0.1, 0.15) is 24.3 Å². The predicted octanol–water partition coefficient (Wildman–Crippen LogP) is 4.38. The van der Waals surface area contributed by atoms with Crippen molar-refractivity contribution in [3.8, 4) is 17.1 Å². The summed E-state index contributed by atoms with van der Waals surface area (Å²) in [4.78, 5) is 41.8. The van der Waals surface area contributed by atoms with Gasteiger partial charge in [-0.1, -0.05) is 22.9 Å². The Balaban J connectivity index is 1.66. The molecule has 3 heterocycles. The summed E-state index contributed by atoms with van der Waals surface area (Å²) in [6, 6.07) is 10.5. The molecule has 40 heavy (non-hydrogen) atoms. The van der Waals surface area contributed by atoms with Gasteiger partial charge in [0.05, 0.1) is 34.9 Å². The summed E-state index contributed by atoms with van der Waals surface area (Å²) < 4.78 is 31.7. The first-order chi connectivity index (χ1) is 19.1. The number of ether oxygens (including phenoxy) is 2. The van der Waals surface area contributed by atoms with Gasteiger partial charge in [0, 0.05) is 28.3 Å². The highest BCUT2D eigenvalue weighted by Gasteiger charge is 2.35. The summed E-state index contributed by atoms with van der Waals surface area (Å²) in [7, 11) is 2.71. The number of rotatable bonds is 6. The largest absolute Gasteiger partial charge is 0.496 e. The standard InChI is InChI=1S/C27H19ClFN3O7S/c1-13-23(26(34)38-3)24(17-11-15(28)5-8-21(17)37-2)31-25(33)22(40-27(31)30-13)12-16-6-9-20(39-16)14-4-7-18(29)19(10-14)32(35)36/h4-12,24H,1-3H3/b22-12-/t24-/m0/s1. The zero-order chi connectivity index (χ0) is 28.7. The molecule has 4 aromatic rings. The Bertz CT molecular complexity index is 1910. The van der Waals surface area contributed by atoms with Gasteiger partial charge >= 0.3 is 11.7 Å². The molecule has 1 aliphatic rings. The van der Waals surface area contributed by atoms with Crippen LogP contribution in [-0.2, 0) is 9.53 Å². The fraction of sp³-hybridized carbons (Fsp3) is 0.148. The third kappa shape index (κ3) is 4.71. The van der Waals surface area contributed by atoms with Gasteiger partial charge in [-0.25, -0.2) is 9.79 Å². The fourth-order valence-electron chi connectivity index (χ4n) is 4.43. The summed E-state index contributed by atoms with van der Waals surface area (Å²) in [5.74, 6) is -0.703. The van der Waals surface area contributed by atoms with Gasteiger partial charge in [-0.2, -0.15) is 4.39 Å². The van der Waals surface area contributed by atoms with Gasteiger partial charge in [0.1, 0.15) is 23.3 Å². The molecule has 13 heteroatoms. The molecule has 1 aliphatic heterocycles. The number of esters is 1. The molecule has 204 valence electrons. The third-order valence-electron chi connectivity index (χ3n) is 6.24. The highest BCUT2D eigenvalue weighted by atomic mass is 35.5. The Morgan fingerprint density at radius 2 is 2.00 bits per heavy atom. The number of allylic oxidation sites excluding steroid dienone is 1. The smallest absolute Gasteiger partial charge is 0.338 e. The lowest BCUT2D eigenvalue weighted by Crippen LogP contribution is -2.40. The van der Waals surface area contributed by atoms with Crippen LogP contribution in [0.4, 0.5) is 10.1 Å². The van der Waals surface area contributed by atoms with E-state index in [-0.39, 0.29) is 21.6 Å². The molecular formula is C27H19ClFN3O7S. The van der Waals surface area contributed by atoms with Crippen LogP contribution in [0, 0.1) is 15.9 Å². The molecule has 0 bridgehead atoms. The van der Waals surface area contributed by atoms with Crippen LogP contribution in [0.5, 0.6) is 5.75 Å². The van der Waals surface area contributed by atoms with Gasteiger partial charge in [0.15, 0.2) is 4.80 Å². The molecule has 0 aliphatic carbocycles. The summed E-state index contributed by atoms with van der Waals surface area (Å²) in [6.07, 6.45) is 1.49. The Kier molecular flexibility index (Phi) is 7.13. The number of hydrogen-bond acceptors (Lipinski definition) is 9. The highest BCUT2D eigenvalue weighted by Crippen LogP contribution is 2.37. The van der Waals surface area contributed by atoms with E-state index in [0.29, 0.717) is 32.4 Å². The Morgan fingerprint density at radius 3 is 2.70 bits per heavy atom. The van der Waals surface area contributed by atoms with E-state index in [4.69, 9.17) is 25.5 Å². The molecule has 0 N–H and O–H groups in total. The molecule has 0 amide bonds. The molecule has 0 saturated heterocycles. The van der Waals surface area contributed by atoms with Crippen molar-refractivity contribution < 1.29 is 28.0 Å². The summed E-state index contributed by atoms with van der Waals surface area (Å²) in [5.41, 5.74) is 0.137. The second-order valence-corrected chi connectivity index (χ2v) is 10.0. The maximum atomic E-state index is 13.8. The van der Waals surface area contributed by atoms with Crippen molar-refractivity contribution in [1.82, 2.24) is 4.57 Å². The van der Waals surface area contributed by atoms with E-state index in [0.717, 1.165) is 23.5 Å². The van der Waals surface area contributed by atoms with E-state index in [1.165, 1.54) is 30.9 Å². The second-order valence-electron chi connectivity index (χ2n) is 8.58. The number of thiazole rings is 1.